The minimum Gasteiger partial charge on any atom is -0.381 e. The molecule has 0 spiro atoms. The summed E-state index contributed by atoms with van der Waals surface area (Å²) in [5, 5.41) is 0.461. The Morgan fingerprint density at radius 2 is 0.697 bits per heavy atom. The van der Waals surface area contributed by atoms with Gasteiger partial charge in [-0.2, -0.15) is 12.6 Å². The van der Waals surface area contributed by atoms with Gasteiger partial charge >= 0.3 is 0 Å². The molecule has 0 N–H and O–H groups in total. The van der Waals surface area contributed by atoms with E-state index in [1.54, 1.807) is 0 Å². The number of hydrogen-bond donors (Lipinski definition) is 1. The van der Waals surface area contributed by atoms with E-state index in [1.807, 2.05) is 0 Å². The third kappa shape index (κ3) is 32.3. The lowest BCUT2D eigenvalue weighted by Crippen LogP contribution is -2.02. The van der Waals surface area contributed by atoms with Crippen LogP contribution in [0.4, 0.5) is 0 Å². The maximum absolute atomic E-state index is 5.82. The summed E-state index contributed by atoms with van der Waals surface area (Å²) < 4.78 is 11.5. The molecule has 33 heavy (non-hydrogen) atoms. The van der Waals surface area contributed by atoms with E-state index >= 15 is 0 Å². The molecule has 1 unspecified atom stereocenters. The molecular weight excluding hydrogens is 424 g/mol. The van der Waals surface area contributed by atoms with Crippen LogP contribution < -0.4 is 0 Å². The first-order chi connectivity index (χ1) is 16.3. The highest BCUT2D eigenvalue weighted by Crippen LogP contribution is 2.13. The largest absolute Gasteiger partial charge is 0.381 e. The maximum Gasteiger partial charge on any atom is 0.0476 e. The summed E-state index contributed by atoms with van der Waals surface area (Å²) in [6.07, 6.45) is 31.6. The van der Waals surface area contributed by atoms with E-state index < -0.39 is 0 Å². The average Bonchev–Trinajstić information content (AvgIpc) is 2.80. The molecule has 0 amide bonds. The van der Waals surface area contributed by atoms with Gasteiger partial charge in [0.15, 0.2) is 0 Å². The highest BCUT2D eigenvalue weighted by atomic mass is 32.1. The topological polar surface area (TPSA) is 18.5 Å². The zero-order valence-electron chi connectivity index (χ0n) is 22.9. The molecule has 2 nitrogen and oxygen atoms in total. The van der Waals surface area contributed by atoms with E-state index in [0.29, 0.717) is 5.25 Å². The van der Waals surface area contributed by atoms with E-state index in [1.165, 1.54) is 141 Å². The minimum absolute atomic E-state index is 0.461. The van der Waals surface area contributed by atoms with Crippen molar-refractivity contribution < 1.29 is 9.47 Å². The van der Waals surface area contributed by atoms with Gasteiger partial charge in [0, 0.05) is 31.7 Å². The Bertz CT molecular complexity index is 335. The molecule has 0 saturated heterocycles. The number of hydrogen-bond acceptors (Lipinski definition) is 3. The molecule has 0 aromatic rings. The van der Waals surface area contributed by atoms with Crippen molar-refractivity contribution in [1.29, 1.82) is 0 Å². The van der Waals surface area contributed by atoms with Gasteiger partial charge in [0.05, 0.1) is 0 Å². The monoisotopic (exact) mass is 486 g/mol. The van der Waals surface area contributed by atoms with Crippen molar-refractivity contribution in [3.8, 4) is 0 Å². The van der Waals surface area contributed by atoms with Crippen LogP contribution in [0.3, 0.4) is 0 Å². The van der Waals surface area contributed by atoms with Crippen molar-refractivity contribution in [2.24, 2.45) is 0 Å². The van der Waals surface area contributed by atoms with Crippen LogP contribution in [0.2, 0.25) is 0 Å². The maximum atomic E-state index is 5.82. The molecule has 0 saturated carbocycles. The van der Waals surface area contributed by atoms with E-state index in [-0.39, 0.29) is 0 Å². The summed E-state index contributed by atoms with van der Waals surface area (Å²) >= 11 is 4.37. The zero-order valence-corrected chi connectivity index (χ0v) is 23.8. The predicted octanol–water partition coefficient (Wildman–Crippen LogP) is 10.3. The molecular formula is C30H62O2S. The number of thiol groups is 1. The molecule has 0 heterocycles. The minimum atomic E-state index is 0.461. The van der Waals surface area contributed by atoms with Crippen molar-refractivity contribution in [1.82, 2.24) is 0 Å². The fraction of sp³-hybridized carbons (Fsp3) is 1.00. The van der Waals surface area contributed by atoms with Gasteiger partial charge < -0.3 is 9.47 Å². The normalized spacial score (nSPS) is 12.5. The van der Waals surface area contributed by atoms with Crippen LogP contribution in [-0.2, 0) is 9.47 Å². The standard InChI is InChI=1S/C30H62O2S/c1-3-4-5-6-7-8-13-16-19-22-26-31-27-23-20-17-14-11-9-10-12-15-18-21-24-28-32-29-25-30(2)33/h30,33H,3-29H2,1-2H3. The van der Waals surface area contributed by atoms with Gasteiger partial charge in [-0.05, 0) is 25.7 Å². The number of unbranched alkanes of at least 4 members (excludes halogenated alkanes) is 20. The van der Waals surface area contributed by atoms with Crippen LogP contribution in [0.5, 0.6) is 0 Å². The van der Waals surface area contributed by atoms with Crippen molar-refractivity contribution >= 4 is 12.6 Å². The van der Waals surface area contributed by atoms with Crippen molar-refractivity contribution in [3.63, 3.8) is 0 Å². The Labute approximate surface area is 215 Å². The first-order valence-electron chi connectivity index (χ1n) is 15.1. The van der Waals surface area contributed by atoms with Gasteiger partial charge in [-0.15, -0.1) is 0 Å². The fourth-order valence-electron chi connectivity index (χ4n) is 4.33. The first kappa shape index (κ1) is 33.3. The number of ether oxygens (including phenoxy) is 2. The first-order valence-corrected chi connectivity index (χ1v) is 15.6. The van der Waals surface area contributed by atoms with Crippen molar-refractivity contribution in [2.45, 2.75) is 167 Å². The molecule has 1 atom stereocenters. The highest BCUT2D eigenvalue weighted by Gasteiger charge is 1.97. The summed E-state index contributed by atoms with van der Waals surface area (Å²) in [7, 11) is 0. The predicted molar refractivity (Wildman–Crippen MR) is 152 cm³/mol. The van der Waals surface area contributed by atoms with Crippen LogP contribution in [0, 0.1) is 0 Å². The molecule has 0 aliphatic rings. The van der Waals surface area contributed by atoms with Crippen LogP contribution in [-0.4, -0.2) is 31.7 Å². The molecule has 200 valence electrons. The molecule has 0 aliphatic heterocycles. The Morgan fingerprint density at radius 1 is 0.424 bits per heavy atom. The van der Waals surface area contributed by atoms with Crippen LogP contribution in [0.1, 0.15) is 162 Å². The SMILES string of the molecule is CCCCCCCCCCCCOCCCCCCCCCCCCCCOCCC(C)S. The molecule has 0 fully saturated rings. The van der Waals surface area contributed by atoms with Gasteiger partial charge in [0.1, 0.15) is 0 Å². The lowest BCUT2D eigenvalue weighted by molar-refractivity contribution is 0.125. The van der Waals surface area contributed by atoms with E-state index in [4.69, 9.17) is 9.47 Å². The Balaban J connectivity index is 3.00. The quantitative estimate of drug-likeness (QED) is 0.0837. The average molecular weight is 487 g/mol. The molecule has 0 aromatic heterocycles. The summed E-state index contributed by atoms with van der Waals surface area (Å²) in [6, 6.07) is 0. The second kappa shape index (κ2) is 30.3. The lowest BCUT2D eigenvalue weighted by atomic mass is 10.1. The summed E-state index contributed by atoms with van der Waals surface area (Å²) in [5.41, 5.74) is 0. The Morgan fingerprint density at radius 3 is 1.00 bits per heavy atom. The van der Waals surface area contributed by atoms with E-state index in [9.17, 15) is 0 Å². The summed E-state index contributed by atoms with van der Waals surface area (Å²) in [5.74, 6) is 0. The zero-order chi connectivity index (χ0) is 24.1. The summed E-state index contributed by atoms with van der Waals surface area (Å²) in [4.78, 5) is 0. The highest BCUT2D eigenvalue weighted by molar-refractivity contribution is 7.80. The molecule has 0 aromatic carbocycles. The van der Waals surface area contributed by atoms with Crippen LogP contribution >= 0.6 is 12.6 Å². The smallest absolute Gasteiger partial charge is 0.0476 e. The molecule has 0 bridgehead atoms. The van der Waals surface area contributed by atoms with Gasteiger partial charge in [-0.25, -0.2) is 0 Å². The van der Waals surface area contributed by atoms with E-state index in [0.717, 1.165) is 32.8 Å². The van der Waals surface area contributed by atoms with Crippen LogP contribution in [0.25, 0.3) is 0 Å². The molecule has 0 rings (SSSR count). The van der Waals surface area contributed by atoms with Crippen molar-refractivity contribution in [3.05, 3.63) is 0 Å². The third-order valence-electron chi connectivity index (χ3n) is 6.65. The van der Waals surface area contributed by atoms with Crippen molar-refractivity contribution in [2.75, 3.05) is 26.4 Å². The van der Waals surface area contributed by atoms with Gasteiger partial charge in [-0.1, -0.05) is 136 Å². The molecule has 0 aliphatic carbocycles. The third-order valence-corrected chi connectivity index (χ3v) is 6.91. The molecule has 3 heteroatoms. The van der Waals surface area contributed by atoms with Gasteiger partial charge in [-0.3, -0.25) is 0 Å². The van der Waals surface area contributed by atoms with Gasteiger partial charge in [0.2, 0.25) is 0 Å². The number of rotatable bonds is 29. The second-order valence-electron chi connectivity index (χ2n) is 10.3. The van der Waals surface area contributed by atoms with Crippen LogP contribution in [0.15, 0.2) is 0 Å². The van der Waals surface area contributed by atoms with E-state index in [2.05, 4.69) is 26.5 Å². The Kier molecular flexibility index (Phi) is 30.5. The summed E-state index contributed by atoms with van der Waals surface area (Å²) in [6.45, 7) is 8.19. The lowest BCUT2D eigenvalue weighted by Gasteiger charge is -2.06. The molecule has 0 radical (unpaired) electrons. The fourth-order valence-corrected chi connectivity index (χ4v) is 4.43. The van der Waals surface area contributed by atoms with Gasteiger partial charge in [0.25, 0.3) is 0 Å². The Hall–Kier alpha value is 0.270. The second-order valence-corrected chi connectivity index (χ2v) is 11.2.